The first-order chi connectivity index (χ1) is 12.0. The maximum absolute atomic E-state index is 14.2. The van der Waals surface area contributed by atoms with Crippen molar-refractivity contribution in [2.75, 3.05) is 0 Å². The Morgan fingerprint density at radius 3 is 2.56 bits per heavy atom. The summed E-state index contributed by atoms with van der Waals surface area (Å²) < 4.78 is 21.8. The zero-order valence-electron chi connectivity index (χ0n) is 13.3. The Hall–Kier alpha value is -2.30. The highest BCUT2D eigenvalue weighted by molar-refractivity contribution is 6.42. The van der Waals surface area contributed by atoms with Crippen molar-refractivity contribution in [3.8, 4) is 11.6 Å². The van der Waals surface area contributed by atoms with Crippen molar-refractivity contribution in [2.24, 2.45) is 0 Å². The Bertz CT molecular complexity index is 1080. The minimum Gasteiger partial charge on any atom is -0.458 e. The zero-order valence-corrected chi connectivity index (χ0v) is 14.8. The van der Waals surface area contributed by atoms with Gasteiger partial charge in [0.05, 0.1) is 27.6 Å². The Morgan fingerprint density at radius 1 is 1.08 bits per heavy atom. The van der Waals surface area contributed by atoms with Gasteiger partial charge in [0.1, 0.15) is 11.6 Å². The van der Waals surface area contributed by atoms with E-state index in [-0.39, 0.29) is 5.82 Å². The average molecular weight is 375 g/mol. The molecule has 0 saturated carbocycles. The molecule has 0 unspecified atom stereocenters. The summed E-state index contributed by atoms with van der Waals surface area (Å²) in [6, 6.07) is 13.8. The predicted molar refractivity (Wildman–Crippen MR) is 97.7 cm³/mol. The van der Waals surface area contributed by atoms with Crippen LogP contribution in [0.1, 0.15) is 11.3 Å². The third-order valence-corrected chi connectivity index (χ3v) is 4.76. The van der Waals surface area contributed by atoms with Crippen molar-refractivity contribution in [2.45, 2.75) is 13.5 Å². The molecule has 0 bridgehead atoms. The van der Waals surface area contributed by atoms with E-state index in [2.05, 4.69) is 4.98 Å². The number of hydrogen-bond acceptors (Lipinski definition) is 2. The molecule has 2 aromatic carbocycles. The number of hydrogen-bond donors (Lipinski definition) is 0. The summed E-state index contributed by atoms with van der Waals surface area (Å²) in [7, 11) is 0. The van der Waals surface area contributed by atoms with E-state index in [0.717, 1.165) is 11.3 Å². The third kappa shape index (κ3) is 2.92. The quantitative estimate of drug-likeness (QED) is 0.433. The van der Waals surface area contributed by atoms with Gasteiger partial charge in [0.25, 0.3) is 0 Å². The van der Waals surface area contributed by atoms with Gasteiger partial charge in [-0.15, -0.1) is 0 Å². The molecule has 0 amide bonds. The number of benzene rings is 2. The Kier molecular flexibility index (Phi) is 4.02. The van der Waals surface area contributed by atoms with Crippen LogP contribution in [0.25, 0.3) is 22.6 Å². The van der Waals surface area contributed by atoms with Crippen LogP contribution >= 0.6 is 23.2 Å². The standard InChI is InChI=1S/C19H13Cl2FN2O/c1-11-6-7-18(25-11)19-23-16-8-13(20)14(21)9-17(16)24(19)10-12-4-2-3-5-15(12)22/h2-9H,10H2,1H3. The van der Waals surface area contributed by atoms with E-state index in [1.165, 1.54) is 6.07 Å². The molecule has 25 heavy (non-hydrogen) atoms. The summed E-state index contributed by atoms with van der Waals surface area (Å²) in [4.78, 5) is 4.63. The molecule has 0 aliphatic carbocycles. The van der Waals surface area contributed by atoms with E-state index in [0.29, 0.717) is 39.3 Å². The Labute approximate surface area is 153 Å². The molecule has 2 heterocycles. The first-order valence-corrected chi connectivity index (χ1v) is 8.44. The van der Waals surface area contributed by atoms with Crippen molar-refractivity contribution in [1.29, 1.82) is 0 Å². The molecule has 3 nitrogen and oxygen atoms in total. The number of rotatable bonds is 3. The monoisotopic (exact) mass is 374 g/mol. The second kappa shape index (κ2) is 6.21. The summed E-state index contributed by atoms with van der Waals surface area (Å²) in [6.07, 6.45) is 0. The molecule has 6 heteroatoms. The minimum atomic E-state index is -0.272. The highest BCUT2D eigenvalue weighted by Gasteiger charge is 2.18. The van der Waals surface area contributed by atoms with Gasteiger partial charge in [-0.1, -0.05) is 41.4 Å². The summed E-state index contributed by atoms with van der Waals surface area (Å²) in [5, 5.41) is 0.845. The molecule has 0 atom stereocenters. The van der Waals surface area contributed by atoms with Gasteiger partial charge in [-0.05, 0) is 37.3 Å². The van der Waals surface area contributed by atoms with Crippen LogP contribution in [-0.2, 0) is 6.54 Å². The molecule has 0 aliphatic rings. The van der Waals surface area contributed by atoms with Crippen molar-refractivity contribution in [3.63, 3.8) is 0 Å². The fourth-order valence-electron chi connectivity index (χ4n) is 2.82. The molecule has 0 spiro atoms. The first kappa shape index (κ1) is 16.2. The van der Waals surface area contributed by atoms with Gasteiger partial charge in [-0.2, -0.15) is 0 Å². The zero-order chi connectivity index (χ0) is 17.6. The lowest BCUT2D eigenvalue weighted by Gasteiger charge is -2.09. The van der Waals surface area contributed by atoms with Gasteiger partial charge in [0.15, 0.2) is 11.6 Å². The van der Waals surface area contributed by atoms with Crippen LogP contribution in [-0.4, -0.2) is 9.55 Å². The lowest BCUT2D eigenvalue weighted by atomic mass is 10.2. The number of nitrogens with zero attached hydrogens (tertiary/aromatic N) is 2. The molecule has 0 radical (unpaired) electrons. The largest absolute Gasteiger partial charge is 0.458 e. The van der Waals surface area contributed by atoms with Gasteiger partial charge in [0.2, 0.25) is 0 Å². The van der Waals surface area contributed by atoms with Gasteiger partial charge in [0, 0.05) is 5.56 Å². The molecule has 0 saturated heterocycles. The minimum absolute atomic E-state index is 0.272. The number of halogens is 3. The van der Waals surface area contributed by atoms with E-state index in [9.17, 15) is 4.39 Å². The van der Waals surface area contributed by atoms with Crippen molar-refractivity contribution in [1.82, 2.24) is 9.55 Å². The maximum Gasteiger partial charge on any atom is 0.177 e. The average Bonchev–Trinajstić information content (AvgIpc) is 3.15. The van der Waals surface area contributed by atoms with E-state index in [1.807, 2.05) is 23.6 Å². The number of imidazole rings is 1. The molecule has 2 aromatic heterocycles. The second-order valence-corrected chi connectivity index (χ2v) is 6.59. The normalized spacial score (nSPS) is 11.4. The number of aromatic nitrogens is 2. The molecular weight excluding hydrogens is 362 g/mol. The van der Waals surface area contributed by atoms with Crippen LogP contribution in [0.15, 0.2) is 52.9 Å². The molecule has 0 aliphatic heterocycles. The molecule has 0 fully saturated rings. The summed E-state index contributed by atoms with van der Waals surface area (Å²) in [5.74, 6) is 1.71. The second-order valence-electron chi connectivity index (χ2n) is 5.78. The van der Waals surface area contributed by atoms with Crippen molar-refractivity contribution < 1.29 is 8.81 Å². The fourth-order valence-corrected chi connectivity index (χ4v) is 3.14. The van der Waals surface area contributed by atoms with Gasteiger partial charge in [-0.3, -0.25) is 0 Å². The maximum atomic E-state index is 14.2. The molecule has 126 valence electrons. The fraction of sp³-hybridized carbons (Fsp3) is 0.105. The lowest BCUT2D eigenvalue weighted by molar-refractivity contribution is 0.539. The highest BCUT2D eigenvalue weighted by atomic mass is 35.5. The molecule has 4 aromatic rings. The topological polar surface area (TPSA) is 31.0 Å². The van der Waals surface area contributed by atoms with Crippen LogP contribution in [0.5, 0.6) is 0 Å². The predicted octanol–water partition coefficient (Wildman–Crippen LogP) is 6.10. The van der Waals surface area contributed by atoms with Crippen LogP contribution in [0, 0.1) is 12.7 Å². The molecular formula is C19H13Cl2FN2O. The van der Waals surface area contributed by atoms with Crippen LogP contribution in [0.4, 0.5) is 4.39 Å². The SMILES string of the molecule is Cc1ccc(-c2nc3cc(Cl)c(Cl)cc3n2Cc2ccccc2F)o1. The van der Waals surface area contributed by atoms with E-state index in [1.54, 1.807) is 30.3 Å². The summed E-state index contributed by atoms with van der Waals surface area (Å²) >= 11 is 12.3. The van der Waals surface area contributed by atoms with Gasteiger partial charge < -0.3 is 8.98 Å². The van der Waals surface area contributed by atoms with Crippen molar-refractivity contribution >= 4 is 34.2 Å². The van der Waals surface area contributed by atoms with E-state index in [4.69, 9.17) is 27.6 Å². The van der Waals surface area contributed by atoms with Crippen LogP contribution in [0.2, 0.25) is 10.0 Å². The Morgan fingerprint density at radius 2 is 1.84 bits per heavy atom. The van der Waals surface area contributed by atoms with E-state index < -0.39 is 0 Å². The summed E-state index contributed by atoms with van der Waals surface area (Å²) in [6.45, 7) is 2.16. The van der Waals surface area contributed by atoms with E-state index >= 15 is 0 Å². The third-order valence-electron chi connectivity index (χ3n) is 4.04. The summed E-state index contributed by atoms with van der Waals surface area (Å²) in [5.41, 5.74) is 1.99. The number of fused-ring (bicyclic) bond motifs is 1. The van der Waals surface area contributed by atoms with Crippen LogP contribution < -0.4 is 0 Å². The Balaban J connectivity index is 1.95. The first-order valence-electron chi connectivity index (χ1n) is 7.68. The number of furan rings is 1. The molecule has 4 rings (SSSR count). The molecule has 0 N–H and O–H groups in total. The van der Waals surface area contributed by atoms with Crippen molar-refractivity contribution in [3.05, 3.63) is 75.7 Å². The number of aryl methyl sites for hydroxylation is 1. The van der Waals surface area contributed by atoms with Gasteiger partial charge in [-0.25, -0.2) is 9.37 Å². The van der Waals surface area contributed by atoms with Gasteiger partial charge >= 0.3 is 0 Å². The van der Waals surface area contributed by atoms with Crippen LogP contribution in [0.3, 0.4) is 0 Å². The highest BCUT2D eigenvalue weighted by Crippen LogP contribution is 2.32. The lowest BCUT2D eigenvalue weighted by Crippen LogP contribution is -2.03. The smallest absolute Gasteiger partial charge is 0.177 e.